The van der Waals surface area contributed by atoms with Crippen molar-refractivity contribution >= 4 is 17.5 Å². The largest absolute Gasteiger partial charge is 0.342 e. The topological polar surface area (TPSA) is 45.2 Å². The molecular formula is C15H24ClN3O. The third kappa shape index (κ3) is 4.76. The van der Waals surface area contributed by atoms with Crippen LogP contribution >= 0.6 is 11.6 Å². The summed E-state index contributed by atoms with van der Waals surface area (Å²) >= 11 is 6.04. The molecule has 0 aliphatic heterocycles. The van der Waals surface area contributed by atoms with Crippen LogP contribution in [-0.2, 0) is 5.41 Å². The van der Waals surface area contributed by atoms with E-state index in [4.69, 9.17) is 11.6 Å². The first kappa shape index (κ1) is 16.9. The van der Waals surface area contributed by atoms with E-state index in [1.165, 1.54) is 0 Å². The Morgan fingerprint density at radius 1 is 1.40 bits per heavy atom. The van der Waals surface area contributed by atoms with Crippen LogP contribution < -0.4 is 5.32 Å². The number of carbonyl (C=O) groups is 1. The maximum atomic E-state index is 12.4. The van der Waals surface area contributed by atoms with Gasteiger partial charge in [-0.1, -0.05) is 32.4 Å². The Hall–Kier alpha value is -1.13. The molecule has 1 heterocycles. The monoisotopic (exact) mass is 297 g/mol. The molecule has 112 valence electrons. The van der Waals surface area contributed by atoms with E-state index >= 15 is 0 Å². The van der Waals surface area contributed by atoms with Crippen molar-refractivity contribution in [2.75, 3.05) is 27.2 Å². The zero-order valence-electron chi connectivity index (χ0n) is 13.0. The number of rotatable bonds is 5. The van der Waals surface area contributed by atoms with Crippen molar-refractivity contribution in [3.8, 4) is 0 Å². The van der Waals surface area contributed by atoms with Gasteiger partial charge in [0.15, 0.2) is 0 Å². The van der Waals surface area contributed by atoms with Crippen molar-refractivity contribution < 1.29 is 4.79 Å². The lowest BCUT2D eigenvalue weighted by Gasteiger charge is -2.21. The molecule has 0 bridgehead atoms. The van der Waals surface area contributed by atoms with E-state index in [2.05, 4.69) is 31.1 Å². The normalized spacial score (nSPS) is 11.5. The number of nitrogens with zero attached hydrogens (tertiary/aromatic N) is 2. The maximum Gasteiger partial charge on any atom is 0.253 e. The number of aromatic nitrogens is 1. The molecule has 0 saturated heterocycles. The third-order valence-corrected chi connectivity index (χ3v) is 3.27. The SMILES string of the molecule is CNCCCN(C)C(=O)c1cc(Cl)nc(C(C)(C)C)c1. The second-order valence-corrected chi connectivity index (χ2v) is 6.38. The van der Waals surface area contributed by atoms with E-state index in [1.807, 2.05) is 20.2 Å². The Balaban J connectivity index is 2.90. The number of carbonyl (C=O) groups excluding carboxylic acids is 1. The fourth-order valence-electron chi connectivity index (χ4n) is 1.82. The van der Waals surface area contributed by atoms with E-state index in [0.717, 1.165) is 18.7 Å². The quantitative estimate of drug-likeness (QED) is 0.671. The van der Waals surface area contributed by atoms with Gasteiger partial charge < -0.3 is 10.2 Å². The molecule has 0 radical (unpaired) electrons. The number of hydrogen-bond donors (Lipinski definition) is 1. The molecule has 0 atom stereocenters. The first-order valence-corrected chi connectivity index (χ1v) is 7.21. The summed E-state index contributed by atoms with van der Waals surface area (Å²) in [5.74, 6) is -0.0177. The van der Waals surface area contributed by atoms with E-state index in [1.54, 1.807) is 11.0 Å². The van der Waals surface area contributed by atoms with Crippen molar-refractivity contribution in [1.29, 1.82) is 0 Å². The highest BCUT2D eigenvalue weighted by Crippen LogP contribution is 2.23. The molecular weight excluding hydrogens is 274 g/mol. The van der Waals surface area contributed by atoms with Crippen LogP contribution in [0.3, 0.4) is 0 Å². The lowest BCUT2D eigenvalue weighted by molar-refractivity contribution is 0.0793. The minimum atomic E-state index is -0.134. The van der Waals surface area contributed by atoms with Crippen LogP contribution in [0.15, 0.2) is 12.1 Å². The van der Waals surface area contributed by atoms with Gasteiger partial charge in [-0.3, -0.25) is 4.79 Å². The minimum absolute atomic E-state index is 0.0177. The molecule has 1 N–H and O–H groups in total. The number of hydrogen-bond acceptors (Lipinski definition) is 3. The van der Waals surface area contributed by atoms with Gasteiger partial charge in [-0.25, -0.2) is 4.98 Å². The number of halogens is 1. The molecule has 0 saturated carbocycles. The summed E-state index contributed by atoms with van der Waals surface area (Å²) in [7, 11) is 3.71. The molecule has 1 amide bonds. The Labute approximate surface area is 126 Å². The van der Waals surface area contributed by atoms with Crippen LogP contribution in [0.1, 0.15) is 43.2 Å². The average molecular weight is 298 g/mol. The summed E-state index contributed by atoms with van der Waals surface area (Å²) in [5.41, 5.74) is 1.30. The van der Waals surface area contributed by atoms with Crippen molar-refractivity contribution in [2.24, 2.45) is 0 Å². The first-order chi connectivity index (χ1) is 9.25. The van der Waals surface area contributed by atoms with Crippen LogP contribution in [0.5, 0.6) is 0 Å². The lowest BCUT2D eigenvalue weighted by atomic mass is 9.91. The van der Waals surface area contributed by atoms with Crippen LogP contribution in [0.25, 0.3) is 0 Å². The van der Waals surface area contributed by atoms with Gasteiger partial charge in [0.2, 0.25) is 0 Å². The summed E-state index contributed by atoms with van der Waals surface area (Å²) in [6, 6.07) is 3.47. The Kier molecular flexibility index (Phi) is 5.96. The fraction of sp³-hybridized carbons (Fsp3) is 0.600. The molecule has 0 unspecified atom stereocenters. The summed E-state index contributed by atoms with van der Waals surface area (Å²) in [4.78, 5) is 18.4. The Morgan fingerprint density at radius 2 is 2.05 bits per heavy atom. The van der Waals surface area contributed by atoms with E-state index < -0.39 is 0 Å². The van der Waals surface area contributed by atoms with Gasteiger partial charge in [0, 0.05) is 30.3 Å². The number of amides is 1. The predicted octanol–water partition coefficient (Wildman–Crippen LogP) is 2.71. The van der Waals surface area contributed by atoms with Gasteiger partial charge in [-0.15, -0.1) is 0 Å². The summed E-state index contributed by atoms with van der Waals surface area (Å²) in [6.45, 7) is 7.76. The van der Waals surface area contributed by atoms with Crippen LogP contribution in [0, 0.1) is 0 Å². The molecule has 1 rings (SSSR count). The van der Waals surface area contributed by atoms with Gasteiger partial charge in [0.1, 0.15) is 5.15 Å². The molecule has 0 aliphatic rings. The molecule has 0 fully saturated rings. The zero-order chi connectivity index (χ0) is 15.3. The highest BCUT2D eigenvalue weighted by atomic mass is 35.5. The van der Waals surface area contributed by atoms with Crippen LogP contribution in [0.4, 0.5) is 0 Å². The van der Waals surface area contributed by atoms with Gasteiger partial charge in [-0.2, -0.15) is 0 Å². The van der Waals surface area contributed by atoms with Gasteiger partial charge in [0.05, 0.1) is 0 Å². The van der Waals surface area contributed by atoms with Crippen molar-refractivity contribution in [2.45, 2.75) is 32.6 Å². The predicted molar refractivity (Wildman–Crippen MR) is 83.5 cm³/mol. The highest BCUT2D eigenvalue weighted by molar-refractivity contribution is 6.29. The second-order valence-electron chi connectivity index (χ2n) is 6.00. The maximum absolute atomic E-state index is 12.4. The molecule has 0 aliphatic carbocycles. The average Bonchev–Trinajstić information content (AvgIpc) is 2.36. The van der Waals surface area contributed by atoms with Crippen molar-refractivity contribution in [3.63, 3.8) is 0 Å². The van der Waals surface area contributed by atoms with Crippen molar-refractivity contribution in [1.82, 2.24) is 15.2 Å². The van der Waals surface area contributed by atoms with Gasteiger partial charge in [-0.05, 0) is 32.1 Å². The molecule has 4 nitrogen and oxygen atoms in total. The zero-order valence-corrected chi connectivity index (χ0v) is 13.7. The molecule has 0 aromatic carbocycles. The Bertz CT molecular complexity index is 469. The second kappa shape index (κ2) is 7.04. The van der Waals surface area contributed by atoms with E-state index in [-0.39, 0.29) is 11.3 Å². The highest BCUT2D eigenvalue weighted by Gasteiger charge is 2.20. The third-order valence-electron chi connectivity index (χ3n) is 3.08. The smallest absolute Gasteiger partial charge is 0.253 e. The molecule has 1 aromatic rings. The van der Waals surface area contributed by atoms with Crippen LogP contribution in [-0.4, -0.2) is 43.0 Å². The fourth-order valence-corrected chi connectivity index (χ4v) is 2.03. The molecule has 1 aromatic heterocycles. The Morgan fingerprint density at radius 3 is 2.60 bits per heavy atom. The van der Waals surface area contributed by atoms with E-state index in [9.17, 15) is 4.79 Å². The summed E-state index contributed by atoms with van der Waals surface area (Å²) in [6.07, 6.45) is 0.920. The summed E-state index contributed by atoms with van der Waals surface area (Å²) in [5, 5.41) is 3.44. The number of nitrogens with one attached hydrogen (secondary N) is 1. The molecule has 0 spiro atoms. The van der Waals surface area contributed by atoms with E-state index in [0.29, 0.717) is 17.3 Å². The standard InChI is InChI=1S/C15H24ClN3O/c1-15(2,3)12-9-11(10-13(16)18-12)14(20)19(5)8-6-7-17-4/h9-10,17H,6-8H2,1-5H3. The van der Waals surface area contributed by atoms with Crippen LogP contribution in [0.2, 0.25) is 5.15 Å². The lowest BCUT2D eigenvalue weighted by Crippen LogP contribution is -2.30. The summed E-state index contributed by atoms with van der Waals surface area (Å²) < 4.78 is 0. The van der Waals surface area contributed by atoms with Gasteiger partial charge in [0.25, 0.3) is 5.91 Å². The van der Waals surface area contributed by atoms with Gasteiger partial charge >= 0.3 is 0 Å². The molecule has 20 heavy (non-hydrogen) atoms. The van der Waals surface area contributed by atoms with Crippen molar-refractivity contribution in [3.05, 3.63) is 28.5 Å². The first-order valence-electron chi connectivity index (χ1n) is 6.84. The molecule has 5 heteroatoms. The minimum Gasteiger partial charge on any atom is -0.342 e. The number of pyridine rings is 1.